The number of pyridine rings is 1. The van der Waals surface area contributed by atoms with Crippen molar-refractivity contribution in [2.75, 3.05) is 0 Å². The number of rotatable bonds is 6. The number of hydrogen-bond donors (Lipinski definition) is 2. The zero-order chi connectivity index (χ0) is 22.0. The number of aryl methyl sites for hydroxylation is 1. The van der Waals surface area contributed by atoms with Gasteiger partial charge in [0.15, 0.2) is 0 Å². The van der Waals surface area contributed by atoms with Gasteiger partial charge in [-0.25, -0.2) is 9.97 Å². The first-order chi connectivity index (χ1) is 16.3. The Hall–Kier alpha value is -3.29. The zero-order valence-corrected chi connectivity index (χ0v) is 20.5. The smallest absolute Gasteiger partial charge is 0.137 e. The Morgan fingerprint density at radius 1 is 0.912 bits per heavy atom. The van der Waals surface area contributed by atoms with Crippen LogP contribution in [0.1, 0.15) is 41.5 Å². The number of H-pyrrole nitrogens is 2. The summed E-state index contributed by atoms with van der Waals surface area (Å²) in [6, 6.07) is 21.5. The Morgan fingerprint density at radius 3 is 2.62 bits per heavy atom. The molecule has 34 heavy (non-hydrogen) atoms. The summed E-state index contributed by atoms with van der Waals surface area (Å²) in [6.07, 6.45) is 8.95. The van der Waals surface area contributed by atoms with Crippen LogP contribution in [0.25, 0.3) is 22.4 Å². The second-order valence-electron chi connectivity index (χ2n) is 8.70. The van der Waals surface area contributed by atoms with Gasteiger partial charge in [-0.3, -0.25) is 9.88 Å². The molecule has 2 aromatic carbocycles. The summed E-state index contributed by atoms with van der Waals surface area (Å²) >= 11 is 0. The molecule has 0 bridgehead atoms. The van der Waals surface area contributed by atoms with Crippen LogP contribution in [0.15, 0.2) is 79.3 Å². The largest absolute Gasteiger partial charge is 0.345 e. The summed E-state index contributed by atoms with van der Waals surface area (Å²) in [5, 5.41) is 0. The van der Waals surface area contributed by atoms with Crippen LogP contribution in [0.2, 0.25) is 0 Å². The van der Waals surface area contributed by atoms with E-state index in [1.165, 1.54) is 23.2 Å². The highest BCUT2D eigenvalue weighted by Gasteiger charge is 2.28. The van der Waals surface area contributed by atoms with Gasteiger partial charge in [-0.15, -0.1) is 17.0 Å². The monoisotopic (exact) mass is 514 g/mol. The van der Waals surface area contributed by atoms with Gasteiger partial charge in [0.1, 0.15) is 11.6 Å². The summed E-state index contributed by atoms with van der Waals surface area (Å²) in [5.74, 6) is 1.89. The van der Waals surface area contributed by atoms with Gasteiger partial charge < -0.3 is 9.97 Å². The van der Waals surface area contributed by atoms with Crippen molar-refractivity contribution in [2.24, 2.45) is 0 Å². The number of fused-ring (bicyclic) bond motifs is 2. The van der Waals surface area contributed by atoms with E-state index in [2.05, 4.69) is 68.4 Å². The molecule has 0 saturated heterocycles. The first-order valence-corrected chi connectivity index (χ1v) is 11.5. The van der Waals surface area contributed by atoms with Gasteiger partial charge in [0.2, 0.25) is 0 Å². The minimum atomic E-state index is 0. The lowest BCUT2D eigenvalue weighted by atomic mass is 9.90. The molecule has 3 heterocycles. The molecule has 7 heteroatoms. The van der Waals surface area contributed by atoms with Crippen LogP contribution in [0, 0.1) is 0 Å². The van der Waals surface area contributed by atoms with Crippen molar-refractivity contribution in [1.82, 2.24) is 29.8 Å². The Balaban J connectivity index is 0.00000241. The summed E-state index contributed by atoms with van der Waals surface area (Å²) in [6.45, 7) is 1.57. The van der Waals surface area contributed by atoms with Gasteiger partial charge in [0, 0.05) is 30.7 Å². The predicted octanol–water partition coefficient (Wildman–Crippen LogP) is 6.01. The fourth-order valence-corrected chi connectivity index (χ4v) is 4.92. The topological polar surface area (TPSA) is 73.5 Å². The third kappa shape index (κ3) is 4.54. The van der Waals surface area contributed by atoms with E-state index in [-0.39, 0.29) is 23.0 Å². The maximum absolute atomic E-state index is 4.86. The van der Waals surface area contributed by atoms with E-state index in [0.29, 0.717) is 0 Å². The van der Waals surface area contributed by atoms with Gasteiger partial charge >= 0.3 is 0 Å². The SMILES string of the molecule is Br.c1cnc2c(c1)CCCC2N(Cc1ccc(-c2ncc[nH]2)cc1)Cc1nc2ccccc2[nH]1. The molecule has 1 aliphatic carbocycles. The van der Waals surface area contributed by atoms with Crippen LogP contribution in [0.5, 0.6) is 0 Å². The van der Waals surface area contributed by atoms with Crippen LogP contribution in [-0.2, 0) is 19.5 Å². The van der Waals surface area contributed by atoms with Crippen molar-refractivity contribution in [1.29, 1.82) is 0 Å². The molecular formula is C27H27BrN6. The van der Waals surface area contributed by atoms with Gasteiger partial charge in [0.05, 0.1) is 29.3 Å². The van der Waals surface area contributed by atoms with Crippen molar-refractivity contribution in [2.45, 2.75) is 38.4 Å². The van der Waals surface area contributed by atoms with Crippen LogP contribution in [-0.4, -0.2) is 29.8 Å². The highest BCUT2D eigenvalue weighted by Crippen LogP contribution is 2.35. The molecule has 0 spiro atoms. The molecule has 0 radical (unpaired) electrons. The minimum Gasteiger partial charge on any atom is -0.345 e. The van der Waals surface area contributed by atoms with E-state index in [0.717, 1.165) is 54.2 Å². The Kier molecular flexibility index (Phi) is 6.56. The molecule has 5 aromatic rings. The molecule has 1 atom stereocenters. The first-order valence-electron chi connectivity index (χ1n) is 11.5. The molecule has 2 N–H and O–H groups in total. The lowest BCUT2D eigenvalue weighted by Crippen LogP contribution is -2.31. The van der Waals surface area contributed by atoms with Gasteiger partial charge in [0.25, 0.3) is 0 Å². The zero-order valence-electron chi connectivity index (χ0n) is 18.8. The average Bonchev–Trinajstić information content (AvgIpc) is 3.54. The Labute approximate surface area is 209 Å². The van der Waals surface area contributed by atoms with Crippen molar-refractivity contribution in [3.63, 3.8) is 0 Å². The summed E-state index contributed by atoms with van der Waals surface area (Å²) < 4.78 is 0. The van der Waals surface area contributed by atoms with E-state index in [1.807, 2.05) is 24.5 Å². The molecule has 1 unspecified atom stereocenters. The normalized spacial score (nSPS) is 15.3. The summed E-state index contributed by atoms with van der Waals surface area (Å²) in [7, 11) is 0. The molecule has 3 aromatic heterocycles. The van der Waals surface area contributed by atoms with Crippen LogP contribution < -0.4 is 0 Å². The molecule has 0 amide bonds. The Morgan fingerprint density at radius 2 is 1.79 bits per heavy atom. The minimum absolute atomic E-state index is 0. The van der Waals surface area contributed by atoms with Crippen molar-refractivity contribution in [3.8, 4) is 11.4 Å². The van der Waals surface area contributed by atoms with E-state index in [1.54, 1.807) is 6.20 Å². The second-order valence-corrected chi connectivity index (χ2v) is 8.70. The molecule has 172 valence electrons. The molecule has 6 rings (SSSR count). The lowest BCUT2D eigenvalue weighted by molar-refractivity contribution is 0.153. The molecule has 6 nitrogen and oxygen atoms in total. The third-order valence-corrected chi connectivity index (χ3v) is 6.51. The van der Waals surface area contributed by atoms with Crippen molar-refractivity contribution in [3.05, 3.63) is 102 Å². The number of para-hydroxylation sites is 2. The number of imidazole rings is 2. The third-order valence-electron chi connectivity index (χ3n) is 6.51. The molecule has 0 fully saturated rings. The van der Waals surface area contributed by atoms with E-state index < -0.39 is 0 Å². The highest BCUT2D eigenvalue weighted by molar-refractivity contribution is 8.93. The van der Waals surface area contributed by atoms with Crippen molar-refractivity contribution >= 4 is 28.0 Å². The molecule has 0 saturated carbocycles. The van der Waals surface area contributed by atoms with E-state index in [4.69, 9.17) is 9.97 Å². The van der Waals surface area contributed by atoms with Crippen molar-refractivity contribution < 1.29 is 0 Å². The van der Waals surface area contributed by atoms with Gasteiger partial charge in [-0.2, -0.15) is 0 Å². The number of nitrogens with one attached hydrogen (secondary N) is 2. The quantitative estimate of drug-likeness (QED) is 0.291. The predicted molar refractivity (Wildman–Crippen MR) is 140 cm³/mol. The first kappa shape index (κ1) is 22.5. The maximum Gasteiger partial charge on any atom is 0.137 e. The average molecular weight is 515 g/mol. The molecule has 0 aliphatic heterocycles. The molecule has 1 aliphatic rings. The fourth-order valence-electron chi connectivity index (χ4n) is 4.92. The number of halogens is 1. The number of nitrogens with zero attached hydrogens (tertiary/aromatic N) is 4. The standard InChI is InChI=1S/C27H26N6.BrH/c1-2-8-23-22(7-1)31-25(32-23)18-33(24-9-3-5-20-6-4-14-28-26(20)24)17-19-10-12-21(13-11-19)27-29-15-16-30-27;/h1-2,4,6-8,10-16,24H,3,5,9,17-18H2,(H,29,30)(H,31,32);1H. The highest BCUT2D eigenvalue weighted by atomic mass is 79.9. The number of hydrogen-bond acceptors (Lipinski definition) is 4. The number of aromatic amines is 2. The second kappa shape index (κ2) is 9.91. The van der Waals surface area contributed by atoms with Gasteiger partial charge in [-0.05, 0) is 48.6 Å². The molecular weight excluding hydrogens is 488 g/mol. The van der Waals surface area contributed by atoms with E-state index >= 15 is 0 Å². The summed E-state index contributed by atoms with van der Waals surface area (Å²) in [4.78, 5) is 23.3. The van der Waals surface area contributed by atoms with Crippen LogP contribution in [0.3, 0.4) is 0 Å². The fraction of sp³-hybridized carbons (Fsp3) is 0.222. The van der Waals surface area contributed by atoms with Crippen LogP contribution in [0.4, 0.5) is 0 Å². The number of benzene rings is 2. The van der Waals surface area contributed by atoms with Crippen LogP contribution >= 0.6 is 17.0 Å². The van der Waals surface area contributed by atoms with Gasteiger partial charge in [-0.1, -0.05) is 42.5 Å². The maximum atomic E-state index is 4.86. The lowest BCUT2D eigenvalue weighted by Gasteiger charge is -2.34. The summed E-state index contributed by atoms with van der Waals surface area (Å²) in [5.41, 5.74) is 7.04. The number of aromatic nitrogens is 5. The Bertz CT molecular complexity index is 1330. The van der Waals surface area contributed by atoms with E-state index in [9.17, 15) is 0 Å².